The Kier molecular flexibility index (Phi) is 6.22. The van der Waals surface area contributed by atoms with E-state index in [2.05, 4.69) is 17.1 Å². The summed E-state index contributed by atoms with van der Waals surface area (Å²) in [4.78, 5) is 13.9. The van der Waals surface area contributed by atoms with Crippen LogP contribution in [0, 0.1) is 5.92 Å². The van der Waals surface area contributed by atoms with E-state index < -0.39 is 10.0 Å². The highest BCUT2D eigenvalue weighted by molar-refractivity contribution is 7.88. The van der Waals surface area contributed by atoms with Crippen molar-refractivity contribution in [2.75, 3.05) is 46.0 Å². The number of hydrogen-bond acceptors (Lipinski definition) is 4. The fourth-order valence-electron chi connectivity index (χ4n) is 2.01. The van der Waals surface area contributed by atoms with Gasteiger partial charge in [-0.05, 0) is 31.8 Å². The molecule has 1 aliphatic heterocycles. The summed E-state index contributed by atoms with van der Waals surface area (Å²) in [5.74, 6) is 0.549. The molecule has 0 spiro atoms. The van der Waals surface area contributed by atoms with Crippen LogP contribution in [0.3, 0.4) is 0 Å². The van der Waals surface area contributed by atoms with Crippen molar-refractivity contribution < 1.29 is 13.2 Å². The van der Waals surface area contributed by atoms with Crippen molar-refractivity contribution in [1.29, 1.82) is 0 Å². The summed E-state index contributed by atoms with van der Waals surface area (Å²) in [5, 5.41) is 2.76. The van der Waals surface area contributed by atoms with Gasteiger partial charge in [-0.2, -0.15) is 4.31 Å². The van der Waals surface area contributed by atoms with Crippen LogP contribution in [0.25, 0.3) is 0 Å². The number of hydrogen-bond donors (Lipinski definition) is 1. The van der Waals surface area contributed by atoms with E-state index in [0.29, 0.717) is 6.54 Å². The van der Waals surface area contributed by atoms with Crippen LogP contribution in [0.1, 0.15) is 19.8 Å². The molecule has 1 fully saturated rings. The SMILES string of the molecule is CC1CCN(CCNC(=O)CN(C)S(C)(=O)=O)CC1. The summed E-state index contributed by atoms with van der Waals surface area (Å²) in [6.07, 6.45) is 3.52. The van der Waals surface area contributed by atoms with Gasteiger partial charge in [-0.3, -0.25) is 4.79 Å². The third-order valence-corrected chi connectivity index (χ3v) is 4.82. The van der Waals surface area contributed by atoms with Gasteiger partial charge in [-0.1, -0.05) is 6.92 Å². The second-order valence-corrected chi connectivity index (χ2v) is 7.48. The molecule has 0 atom stereocenters. The van der Waals surface area contributed by atoms with E-state index in [4.69, 9.17) is 0 Å². The Balaban J connectivity index is 2.17. The van der Waals surface area contributed by atoms with Gasteiger partial charge in [-0.25, -0.2) is 8.42 Å². The molecule has 0 saturated carbocycles. The van der Waals surface area contributed by atoms with E-state index >= 15 is 0 Å². The first-order valence-corrected chi connectivity index (χ1v) is 8.54. The minimum Gasteiger partial charge on any atom is -0.354 e. The van der Waals surface area contributed by atoms with Crippen LogP contribution in [0.5, 0.6) is 0 Å². The Hall–Kier alpha value is -0.660. The zero-order valence-corrected chi connectivity index (χ0v) is 12.9. The molecule has 0 aromatic heterocycles. The minimum absolute atomic E-state index is 0.115. The van der Waals surface area contributed by atoms with Gasteiger partial charge in [0.15, 0.2) is 0 Å². The van der Waals surface area contributed by atoms with E-state index in [1.54, 1.807) is 0 Å². The van der Waals surface area contributed by atoms with Crippen molar-refractivity contribution in [3.05, 3.63) is 0 Å². The lowest BCUT2D eigenvalue weighted by atomic mass is 9.99. The molecule has 0 aliphatic carbocycles. The minimum atomic E-state index is -3.29. The third kappa shape index (κ3) is 6.35. The number of rotatable bonds is 6. The number of nitrogens with zero attached hydrogens (tertiary/aromatic N) is 2. The topological polar surface area (TPSA) is 69.7 Å². The van der Waals surface area contributed by atoms with Gasteiger partial charge >= 0.3 is 0 Å². The lowest BCUT2D eigenvalue weighted by Gasteiger charge is -2.30. The molecule has 0 aromatic rings. The number of likely N-dealkylation sites (N-methyl/N-ethyl adjacent to an activating group) is 1. The maximum Gasteiger partial charge on any atom is 0.235 e. The molecule has 0 unspecified atom stereocenters. The summed E-state index contributed by atoms with van der Waals surface area (Å²) < 4.78 is 23.4. The molecule has 1 rings (SSSR count). The summed E-state index contributed by atoms with van der Waals surface area (Å²) >= 11 is 0. The van der Waals surface area contributed by atoms with Gasteiger partial charge in [0.25, 0.3) is 0 Å². The van der Waals surface area contributed by atoms with E-state index in [1.807, 2.05) is 0 Å². The number of carbonyl (C=O) groups excluding carboxylic acids is 1. The monoisotopic (exact) mass is 291 g/mol. The average molecular weight is 291 g/mol. The van der Waals surface area contributed by atoms with Crippen molar-refractivity contribution in [2.45, 2.75) is 19.8 Å². The van der Waals surface area contributed by atoms with Gasteiger partial charge in [0.1, 0.15) is 0 Å². The van der Waals surface area contributed by atoms with E-state index in [1.165, 1.54) is 19.9 Å². The largest absolute Gasteiger partial charge is 0.354 e. The number of carbonyl (C=O) groups is 1. The molecule has 19 heavy (non-hydrogen) atoms. The van der Waals surface area contributed by atoms with Crippen LogP contribution in [0.2, 0.25) is 0 Å². The van der Waals surface area contributed by atoms with Gasteiger partial charge in [-0.15, -0.1) is 0 Å². The molecular weight excluding hydrogens is 266 g/mol. The molecule has 1 aliphatic rings. The maximum absolute atomic E-state index is 11.6. The highest BCUT2D eigenvalue weighted by Gasteiger charge is 2.17. The van der Waals surface area contributed by atoms with Crippen LogP contribution >= 0.6 is 0 Å². The predicted molar refractivity (Wildman–Crippen MR) is 75.3 cm³/mol. The molecule has 7 heteroatoms. The Morgan fingerprint density at radius 1 is 1.37 bits per heavy atom. The molecule has 0 aromatic carbocycles. The Labute approximate surface area is 116 Å². The first-order valence-electron chi connectivity index (χ1n) is 6.69. The van der Waals surface area contributed by atoms with Gasteiger partial charge < -0.3 is 10.2 Å². The molecule has 6 nitrogen and oxygen atoms in total. The van der Waals surface area contributed by atoms with Crippen LogP contribution in [-0.4, -0.2) is 69.6 Å². The van der Waals surface area contributed by atoms with Crippen molar-refractivity contribution in [1.82, 2.24) is 14.5 Å². The quantitative estimate of drug-likeness (QED) is 0.731. The normalized spacial score (nSPS) is 18.7. The smallest absolute Gasteiger partial charge is 0.235 e. The zero-order chi connectivity index (χ0) is 14.5. The summed E-state index contributed by atoms with van der Waals surface area (Å²) in [5.41, 5.74) is 0. The predicted octanol–water partition coefficient (Wildman–Crippen LogP) is -0.274. The highest BCUT2D eigenvalue weighted by atomic mass is 32.2. The van der Waals surface area contributed by atoms with Gasteiger partial charge in [0.05, 0.1) is 12.8 Å². The van der Waals surface area contributed by atoms with E-state index in [-0.39, 0.29) is 12.5 Å². The standard InChI is InChI=1S/C12H25N3O3S/c1-11-4-7-15(8-5-11)9-6-13-12(16)10-14(2)19(3,17)18/h11H,4-10H2,1-3H3,(H,13,16). The van der Waals surface area contributed by atoms with Crippen molar-refractivity contribution in [2.24, 2.45) is 5.92 Å². The van der Waals surface area contributed by atoms with Crippen molar-refractivity contribution in [3.8, 4) is 0 Å². The number of piperidine rings is 1. The second-order valence-electron chi connectivity index (χ2n) is 5.39. The maximum atomic E-state index is 11.6. The zero-order valence-electron chi connectivity index (χ0n) is 12.1. The highest BCUT2D eigenvalue weighted by Crippen LogP contribution is 2.14. The fraction of sp³-hybridized carbons (Fsp3) is 0.917. The molecule has 0 bridgehead atoms. The van der Waals surface area contributed by atoms with Crippen LogP contribution in [0.4, 0.5) is 0 Å². The van der Waals surface area contributed by atoms with Crippen LogP contribution in [-0.2, 0) is 14.8 Å². The molecule has 1 amide bonds. The molecule has 112 valence electrons. The number of sulfonamides is 1. The second kappa shape index (κ2) is 7.21. The molecule has 0 radical (unpaired) electrons. The van der Waals surface area contributed by atoms with Crippen molar-refractivity contribution >= 4 is 15.9 Å². The van der Waals surface area contributed by atoms with Crippen LogP contribution in [0.15, 0.2) is 0 Å². The summed E-state index contributed by atoms with van der Waals surface area (Å²) in [7, 11) is -1.88. The molecule has 1 N–H and O–H groups in total. The fourth-order valence-corrected chi connectivity index (χ4v) is 2.37. The van der Waals surface area contributed by atoms with Crippen molar-refractivity contribution in [3.63, 3.8) is 0 Å². The Morgan fingerprint density at radius 3 is 2.47 bits per heavy atom. The Bertz CT molecular complexity index is 389. The average Bonchev–Trinajstić information content (AvgIpc) is 2.30. The number of likely N-dealkylation sites (tertiary alicyclic amines) is 1. The molecule has 1 heterocycles. The Morgan fingerprint density at radius 2 is 1.95 bits per heavy atom. The third-order valence-electron chi connectivity index (χ3n) is 3.56. The van der Waals surface area contributed by atoms with Crippen LogP contribution < -0.4 is 5.32 Å². The number of amides is 1. The number of nitrogens with one attached hydrogen (secondary N) is 1. The molecule has 1 saturated heterocycles. The van der Waals surface area contributed by atoms with E-state index in [0.717, 1.165) is 36.1 Å². The summed E-state index contributed by atoms with van der Waals surface area (Å²) in [6, 6.07) is 0. The lowest BCUT2D eigenvalue weighted by molar-refractivity contribution is -0.121. The summed E-state index contributed by atoms with van der Waals surface area (Å²) in [6.45, 7) is 5.72. The molecular formula is C12H25N3O3S. The van der Waals surface area contributed by atoms with Gasteiger partial charge in [0, 0.05) is 20.1 Å². The van der Waals surface area contributed by atoms with E-state index in [9.17, 15) is 13.2 Å². The lowest BCUT2D eigenvalue weighted by Crippen LogP contribution is -2.42. The first-order chi connectivity index (χ1) is 8.79. The van der Waals surface area contributed by atoms with Gasteiger partial charge in [0.2, 0.25) is 15.9 Å². The first kappa shape index (κ1) is 16.4.